The molecule has 2 atom stereocenters. The molecule has 302 valence electrons. The third-order valence-corrected chi connectivity index (χ3v) is 11.1. The van der Waals surface area contributed by atoms with E-state index < -0.39 is 19.7 Å². The molecule has 2 amide bonds. The van der Waals surface area contributed by atoms with E-state index in [1.165, 1.54) is 26.4 Å². The van der Waals surface area contributed by atoms with Crippen molar-refractivity contribution in [2.75, 3.05) is 40.3 Å². The van der Waals surface area contributed by atoms with Gasteiger partial charge in [0.1, 0.15) is 5.75 Å². The molecule has 0 saturated carbocycles. The number of hydrogen-bond donors (Lipinski definition) is 3. The number of phenols is 2. The number of urea groups is 1. The van der Waals surface area contributed by atoms with Crippen LogP contribution in [-0.4, -0.2) is 82.7 Å². The molecule has 0 aliphatic carbocycles. The number of rotatable bonds is 20. The molecule has 1 saturated heterocycles. The molecule has 1 fully saturated rings. The second kappa shape index (κ2) is 20.4. The maximum Gasteiger partial charge on any atom is 0.367 e. The van der Waals surface area contributed by atoms with Crippen LogP contribution in [0.3, 0.4) is 0 Å². The summed E-state index contributed by atoms with van der Waals surface area (Å²) in [5.41, 5.74) is 2.95. The highest BCUT2D eigenvalue weighted by Gasteiger charge is 2.41. The van der Waals surface area contributed by atoms with Gasteiger partial charge in [0.2, 0.25) is 0 Å². The number of β-amino-alcohol motifs (C(OH)–C–C–N with tert-alkyl or cyclic N) is 1. The number of carbonyl (C=O) groups is 1. The minimum atomic E-state index is -3.48. The van der Waals surface area contributed by atoms with Crippen molar-refractivity contribution in [1.82, 2.24) is 14.9 Å². The van der Waals surface area contributed by atoms with Gasteiger partial charge in [-0.1, -0.05) is 81.3 Å². The summed E-state index contributed by atoms with van der Waals surface area (Å²) in [5, 5.41) is 36.1. The van der Waals surface area contributed by atoms with E-state index in [2.05, 4.69) is 0 Å². The number of unbranched alkanes of at least 4 members (excludes halogenated alkanes) is 2. The number of aliphatic hydroxyl groups excluding tert-OH is 1. The highest BCUT2D eigenvalue weighted by atomic mass is 31.2. The predicted molar refractivity (Wildman–Crippen MR) is 213 cm³/mol. The molecule has 1 aliphatic rings. The molecular formula is C42H54N3O10P. The average molecular weight is 792 g/mol. The zero-order valence-corrected chi connectivity index (χ0v) is 33.5. The van der Waals surface area contributed by atoms with Gasteiger partial charge in [0.25, 0.3) is 0 Å². The Labute approximate surface area is 329 Å². The maximum atomic E-state index is 15.0. The van der Waals surface area contributed by atoms with Gasteiger partial charge in [0.15, 0.2) is 29.3 Å². The molecule has 3 N–H and O–H groups in total. The lowest BCUT2D eigenvalue weighted by molar-refractivity contribution is -0.0214. The van der Waals surface area contributed by atoms with Gasteiger partial charge < -0.3 is 43.5 Å². The Balaban J connectivity index is 1.46. The third kappa shape index (κ3) is 11.2. The zero-order chi connectivity index (χ0) is 40.1. The summed E-state index contributed by atoms with van der Waals surface area (Å²) in [5.74, 6) is 0.944. The molecule has 5 rings (SSSR count). The van der Waals surface area contributed by atoms with Crippen molar-refractivity contribution in [2.45, 2.75) is 71.3 Å². The number of methoxy groups -OCH3 is 2. The Morgan fingerprint density at radius 1 is 0.732 bits per heavy atom. The van der Waals surface area contributed by atoms with Crippen LogP contribution in [-0.2, 0) is 33.2 Å². The summed E-state index contributed by atoms with van der Waals surface area (Å²) in [6.45, 7) is 5.21. The third-order valence-electron chi connectivity index (χ3n) is 9.47. The fourth-order valence-electron chi connectivity index (χ4n) is 6.42. The first-order valence-corrected chi connectivity index (χ1v) is 20.7. The molecule has 4 aromatic rings. The topological polar surface area (TPSA) is 151 Å². The van der Waals surface area contributed by atoms with Gasteiger partial charge in [0, 0.05) is 19.6 Å². The van der Waals surface area contributed by atoms with E-state index >= 15 is 4.79 Å². The average Bonchev–Trinajstić information content (AvgIpc) is 3.29. The van der Waals surface area contributed by atoms with Crippen LogP contribution in [0.15, 0.2) is 91.0 Å². The van der Waals surface area contributed by atoms with Crippen molar-refractivity contribution in [3.8, 4) is 28.7 Å². The first kappa shape index (κ1) is 42.4. The van der Waals surface area contributed by atoms with Crippen LogP contribution >= 0.6 is 7.60 Å². The van der Waals surface area contributed by atoms with E-state index in [1.54, 1.807) is 46.3 Å². The molecule has 0 radical (unpaired) electrons. The van der Waals surface area contributed by atoms with Crippen molar-refractivity contribution in [1.29, 1.82) is 0 Å². The van der Waals surface area contributed by atoms with Crippen molar-refractivity contribution in [3.05, 3.63) is 113 Å². The molecule has 1 unspecified atom stereocenters. The molecule has 0 bridgehead atoms. The standard InChI is InChI=1S/C42H54N3O10P/c1-5-7-22-54-56(50,55-23-8-6-2)30-53-35-18-14-31(15-19-35)26-43-29-38(48)41(34-12-10-9-11-13-34)44(27-32-16-20-36(46)39(24-32)51-3)42(49)45(43)28-33-17-21-37(47)40(25-33)52-4/h9-21,24-25,38,41,46-48H,5-8,22-23,26-30H2,1-4H3/t38-,41?/m1/s1. The summed E-state index contributed by atoms with van der Waals surface area (Å²) >= 11 is 0. The maximum absolute atomic E-state index is 15.0. The Morgan fingerprint density at radius 2 is 1.29 bits per heavy atom. The van der Waals surface area contributed by atoms with Gasteiger partial charge in [-0.25, -0.2) is 9.80 Å². The number of hydrogen-bond acceptors (Lipinski definition) is 11. The Bertz CT molecular complexity index is 1880. The number of nitrogens with zero attached hydrogens (tertiary/aromatic N) is 3. The Kier molecular flexibility index (Phi) is 15.4. The van der Waals surface area contributed by atoms with Gasteiger partial charge in [0.05, 0.1) is 46.1 Å². The molecule has 14 heteroatoms. The van der Waals surface area contributed by atoms with Crippen LogP contribution in [0.4, 0.5) is 4.79 Å². The second-order valence-corrected chi connectivity index (χ2v) is 15.6. The van der Waals surface area contributed by atoms with Crippen molar-refractivity contribution < 1.29 is 47.9 Å². The van der Waals surface area contributed by atoms with Crippen LogP contribution in [0, 0.1) is 0 Å². The number of amides is 2. The molecule has 0 aromatic heterocycles. The summed E-state index contributed by atoms with van der Waals surface area (Å²) < 4.78 is 41.5. The van der Waals surface area contributed by atoms with Crippen LogP contribution in [0.1, 0.15) is 67.8 Å². The number of ether oxygens (including phenoxy) is 3. The van der Waals surface area contributed by atoms with Gasteiger partial charge in [-0.15, -0.1) is 0 Å². The zero-order valence-electron chi connectivity index (χ0n) is 32.6. The van der Waals surface area contributed by atoms with Gasteiger partial charge in [-0.05, 0) is 71.5 Å². The van der Waals surface area contributed by atoms with Crippen molar-refractivity contribution in [3.63, 3.8) is 0 Å². The quantitative estimate of drug-likeness (QED) is 0.0587. The Hall–Kier alpha value is -4.78. The number of carbonyl (C=O) groups excluding carboxylic acids is 1. The molecule has 4 aromatic carbocycles. The van der Waals surface area contributed by atoms with Gasteiger partial charge >= 0.3 is 13.6 Å². The molecule has 56 heavy (non-hydrogen) atoms. The van der Waals surface area contributed by atoms with E-state index in [1.807, 2.05) is 61.3 Å². The smallest absolute Gasteiger partial charge is 0.367 e. The van der Waals surface area contributed by atoms with Crippen LogP contribution < -0.4 is 14.2 Å². The molecule has 1 heterocycles. The van der Waals surface area contributed by atoms with Gasteiger partial charge in [-0.3, -0.25) is 9.57 Å². The highest BCUT2D eigenvalue weighted by Crippen LogP contribution is 2.48. The summed E-state index contributed by atoms with van der Waals surface area (Å²) in [7, 11) is -0.556. The van der Waals surface area contributed by atoms with Crippen molar-refractivity contribution >= 4 is 13.6 Å². The monoisotopic (exact) mass is 791 g/mol. The second-order valence-electron chi connectivity index (χ2n) is 13.7. The fraction of sp³-hybridized carbons (Fsp3) is 0.405. The number of aliphatic hydroxyl groups is 1. The lowest BCUT2D eigenvalue weighted by atomic mass is 9.99. The summed E-state index contributed by atoms with van der Waals surface area (Å²) in [6, 6.07) is 25.3. The highest BCUT2D eigenvalue weighted by molar-refractivity contribution is 7.53. The van der Waals surface area contributed by atoms with Crippen LogP contribution in [0.5, 0.6) is 28.7 Å². The molecule has 13 nitrogen and oxygen atoms in total. The largest absolute Gasteiger partial charge is 0.504 e. The SMILES string of the molecule is CCCCOP(=O)(COc1ccc(CN2C[C@@H](O)C(c3ccccc3)N(Cc3ccc(O)c(OC)c3)C(=O)N2Cc2ccc(O)c(OC)c2)cc1)OCCCC. The van der Waals surface area contributed by atoms with E-state index in [-0.39, 0.29) is 61.6 Å². The van der Waals surface area contributed by atoms with Crippen LogP contribution in [0.2, 0.25) is 0 Å². The summed E-state index contributed by atoms with van der Waals surface area (Å²) in [4.78, 5) is 16.6. The van der Waals surface area contributed by atoms with E-state index in [0.717, 1.165) is 36.8 Å². The normalized spacial score (nSPS) is 16.5. The molecule has 0 spiro atoms. The van der Waals surface area contributed by atoms with E-state index in [0.29, 0.717) is 30.1 Å². The predicted octanol–water partition coefficient (Wildman–Crippen LogP) is 8.24. The number of aromatic hydroxyl groups is 2. The number of phenolic OH excluding ortho intramolecular Hbond substituents is 2. The first-order valence-electron chi connectivity index (χ1n) is 19.0. The van der Waals surface area contributed by atoms with Crippen molar-refractivity contribution in [2.24, 2.45) is 0 Å². The number of benzene rings is 4. The van der Waals surface area contributed by atoms with E-state index in [4.69, 9.17) is 23.3 Å². The minimum absolute atomic E-state index is 0.0294. The van der Waals surface area contributed by atoms with Crippen LogP contribution in [0.25, 0.3) is 0 Å². The lowest BCUT2D eigenvalue weighted by Gasteiger charge is -2.36. The molecule has 1 aliphatic heterocycles. The lowest BCUT2D eigenvalue weighted by Crippen LogP contribution is -2.49. The number of hydrazine groups is 1. The van der Waals surface area contributed by atoms with E-state index in [9.17, 15) is 19.9 Å². The van der Waals surface area contributed by atoms with Gasteiger partial charge in [-0.2, -0.15) is 0 Å². The fourth-order valence-corrected chi connectivity index (χ4v) is 7.77. The summed E-state index contributed by atoms with van der Waals surface area (Å²) in [6.07, 6.45) is 2.07. The minimum Gasteiger partial charge on any atom is -0.504 e. The Morgan fingerprint density at radius 3 is 1.84 bits per heavy atom. The molecular weight excluding hydrogens is 737 g/mol. The first-order chi connectivity index (χ1) is 27.1.